The third-order valence-corrected chi connectivity index (χ3v) is 2.03. The molecule has 0 aliphatic heterocycles. The highest BCUT2D eigenvalue weighted by molar-refractivity contribution is 5.98. The lowest BCUT2D eigenvalue weighted by atomic mass is 10.0. The molecule has 1 aromatic rings. The molecule has 0 saturated heterocycles. The summed E-state index contributed by atoms with van der Waals surface area (Å²) in [6.45, 7) is 5.62. The van der Waals surface area contributed by atoms with E-state index in [9.17, 15) is 4.79 Å². The monoisotopic (exact) mass is 174 g/mol. The van der Waals surface area contributed by atoms with E-state index in [1.807, 2.05) is 24.3 Å². The first kappa shape index (κ1) is 9.72. The molecule has 0 amide bonds. The molecule has 0 N–H and O–H groups in total. The maximum absolute atomic E-state index is 11.6. The number of hydrogen-bond donors (Lipinski definition) is 0. The first-order valence-electron chi connectivity index (χ1n) is 4.51. The summed E-state index contributed by atoms with van der Waals surface area (Å²) in [5.41, 5.74) is 1.96. The molecule has 1 rings (SSSR count). The molecular weight excluding hydrogens is 160 g/mol. The van der Waals surface area contributed by atoms with Gasteiger partial charge in [0.1, 0.15) is 0 Å². The molecule has 0 unspecified atom stereocenters. The lowest BCUT2D eigenvalue weighted by molar-refractivity contribution is 0.0995. The van der Waals surface area contributed by atoms with E-state index in [1.54, 1.807) is 6.08 Å². The van der Waals surface area contributed by atoms with Crippen LogP contribution in [-0.2, 0) is 6.42 Å². The molecule has 0 aliphatic rings. The topological polar surface area (TPSA) is 17.1 Å². The second-order valence-corrected chi connectivity index (χ2v) is 2.93. The Morgan fingerprint density at radius 3 is 2.77 bits per heavy atom. The zero-order valence-electron chi connectivity index (χ0n) is 7.92. The number of ketones is 1. The minimum atomic E-state index is 0.160. The fraction of sp³-hybridized carbons (Fsp3) is 0.250. The molecule has 1 aromatic carbocycles. The Morgan fingerprint density at radius 1 is 1.46 bits per heavy atom. The molecule has 0 aromatic heterocycles. The van der Waals surface area contributed by atoms with Crippen LogP contribution in [-0.4, -0.2) is 5.78 Å². The van der Waals surface area contributed by atoms with Crippen molar-refractivity contribution in [1.29, 1.82) is 0 Å². The quantitative estimate of drug-likeness (QED) is 0.506. The molecule has 0 spiro atoms. The highest BCUT2D eigenvalue weighted by Crippen LogP contribution is 2.11. The number of carbonyl (C=O) groups excluding carboxylic acids is 1. The number of hydrogen-bond acceptors (Lipinski definition) is 1. The number of Topliss-reactive ketones (excluding diaryl/α,β-unsaturated/α-hetero) is 1. The number of rotatable bonds is 4. The van der Waals surface area contributed by atoms with Gasteiger partial charge < -0.3 is 0 Å². The standard InChI is InChI=1S/C12H14O/c1-3-7-12(13)11-9-6-5-8-10(11)4-2/h3,5-6,8-9H,1,4,7H2,2H3. The van der Waals surface area contributed by atoms with Gasteiger partial charge in [-0.25, -0.2) is 0 Å². The Morgan fingerprint density at radius 2 is 2.15 bits per heavy atom. The van der Waals surface area contributed by atoms with Crippen molar-refractivity contribution in [1.82, 2.24) is 0 Å². The van der Waals surface area contributed by atoms with Crippen LogP contribution in [0.5, 0.6) is 0 Å². The molecule has 1 heteroatoms. The molecule has 0 bridgehead atoms. The Bertz CT molecular complexity index is 313. The van der Waals surface area contributed by atoms with Gasteiger partial charge in [0, 0.05) is 12.0 Å². The van der Waals surface area contributed by atoms with Crippen molar-refractivity contribution in [2.45, 2.75) is 19.8 Å². The van der Waals surface area contributed by atoms with Crippen LogP contribution in [0.15, 0.2) is 36.9 Å². The Kier molecular flexibility index (Phi) is 3.44. The van der Waals surface area contributed by atoms with E-state index in [2.05, 4.69) is 13.5 Å². The third-order valence-electron chi connectivity index (χ3n) is 2.03. The van der Waals surface area contributed by atoms with Crippen LogP contribution in [0.4, 0.5) is 0 Å². The smallest absolute Gasteiger partial charge is 0.166 e. The van der Waals surface area contributed by atoms with E-state index in [4.69, 9.17) is 0 Å². The summed E-state index contributed by atoms with van der Waals surface area (Å²) >= 11 is 0. The Labute approximate surface area is 79.1 Å². The highest BCUT2D eigenvalue weighted by Gasteiger charge is 2.06. The second kappa shape index (κ2) is 4.61. The minimum Gasteiger partial charge on any atom is -0.294 e. The van der Waals surface area contributed by atoms with Crippen LogP contribution in [0.25, 0.3) is 0 Å². The van der Waals surface area contributed by atoms with Gasteiger partial charge in [-0.15, -0.1) is 6.58 Å². The predicted octanol–water partition coefficient (Wildman–Crippen LogP) is 3.01. The number of aryl methyl sites for hydroxylation is 1. The third kappa shape index (κ3) is 2.28. The van der Waals surface area contributed by atoms with Crippen LogP contribution in [0.1, 0.15) is 29.3 Å². The zero-order valence-corrected chi connectivity index (χ0v) is 7.92. The van der Waals surface area contributed by atoms with Crippen molar-refractivity contribution in [3.63, 3.8) is 0 Å². The van der Waals surface area contributed by atoms with Crippen molar-refractivity contribution < 1.29 is 4.79 Å². The summed E-state index contributed by atoms with van der Waals surface area (Å²) in [7, 11) is 0. The molecule has 68 valence electrons. The van der Waals surface area contributed by atoms with Crippen molar-refractivity contribution in [3.8, 4) is 0 Å². The van der Waals surface area contributed by atoms with Crippen molar-refractivity contribution in [2.24, 2.45) is 0 Å². The summed E-state index contributed by atoms with van der Waals surface area (Å²) in [6, 6.07) is 7.74. The Balaban J connectivity index is 2.98. The van der Waals surface area contributed by atoms with Gasteiger partial charge in [-0.2, -0.15) is 0 Å². The van der Waals surface area contributed by atoms with E-state index in [0.29, 0.717) is 6.42 Å². The van der Waals surface area contributed by atoms with E-state index in [1.165, 1.54) is 0 Å². The van der Waals surface area contributed by atoms with E-state index in [0.717, 1.165) is 17.5 Å². The molecule has 1 nitrogen and oxygen atoms in total. The first-order valence-corrected chi connectivity index (χ1v) is 4.51. The van der Waals surface area contributed by atoms with Crippen LogP contribution >= 0.6 is 0 Å². The summed E-state index contributed by atoms with van der Waals surface area (Å²) < 4.78 is 0. The molecule has 0 aliphatic carbocycles. The zero-order chi connectivity index (χ0) is 9.68. The molecule has 0 atom stereocenters. The SMILES string of the molecule is C=CCC(=O)c1ccccc1CC. The average molecular weight is 174 g/mol. The van der Waals surface area contributed by atoms with Gasteiger partial charge in [0.15, 0.2) is 5.78 Å². The molecule has 0 heterocycles. The fourth-order valence-corrected chi connectivity index (χ4v) is 1.34. The van der Waals surface area contributed by atoms with Crippen LogP contribution in [0, 0.1) is 0 Å². The van der Waals surface area contributed by atoms with Crippen molar-refractivity contribution in [3.05, 3.63) is 48.0 Å². The summed E-state index contributed by atoms with van der Waals surface area (Å²) in [5, 5.41) is 0. The molecule has 0 radical (unpaired) electrons. The predicted molar refractivity (Wildman–Crippen MR) is 55.0 cm³/mol. The average Bonchev–Trinajstić information content (AvgIpc) is 2.18. The van der Waals surface area contributed by atoms with Crippen LogP contribution < -0.4 is 0 Å². The normalized spacial score (nSPS) is 9.62. The second-order valence-electron chi connectivity index (χ2n) is 2.93. The summed E-state index contributed by atoms with van der Waals surface area (Å²) in [5.74, 6) is 0.160. The summed E-state index contributed by atoms with van der Waals surface area (Å²) in [4.78, 5) is 11.6. The Hall–Kier alpha value is -1.37. The summed E-state index contributed by atoms with van der Waals surface area (Å²) in [6.07, 6.45) is 2.98. The van der Waals surface area contributed by atoms with Gasteiger partial charge in [-0.3, -0.25) is 4.79 Å². The molecule has 13 heavy (non-hydrogen) atoms. The lowest BCUT2D eigenvalue weighted by Crippen LogP contribution is -2.01. The van der Waals surface area contributed by atoms with Gasteiger partial charge in [0.05, 0.1) is 0 Å². The van der Waals surface area contributed by atoms with Gasteiger partial charge in [-0.1, -0.05) is 37.3 Å². The van der Waals surface area contributed by atoms with Gasteiger partial charge in [-0.05, 0) is 12.0 Å². The van der Waals surface area contributed by atoms with E-state index < -0.39 is 0 Å². The maximum atomic E-state index is 11.6. The molecule has 0 saturated carbocycles. The van der Waals surface area contributed by atoms with Gasteiger partial charge in [0.2, 0.25) is 0 Å². The van der Waals surface area contributed by atoms with E-state index >= 15 is 0 Å². The molecular formula is C12H14O. The first-order chi connectivity index (χ1) is 6.29. The molecule has 0 fully saturated rings. The number of benzene rings is 1. The highest BCUT2D eigenvalue weighted by atomic mass is 16.1. The van der Waals surface area contributed by atoms with E-state index in [-0.39, 0.29) is 5.78 Å². The van der Waals surface area contributed by atoms with Crippen LogP contribution in [0.3, 0.4) is 0 Å². The lowest BCUT2D eigenvalue weighted by Gasteiger charge is -2.04. The van der Waals surface area contributed by atoms with Gasteiger partial charge in [0.25, 0.3) is 0 Å². The van der Waals surface area contributed by atoms with Crippen molar-refractivity contribution >= 4 is 5.78 Å². The number of allylic oxidation sites excluding steroid dienone is 1. The van der Waals surface area contributed by atoms with Crippen molar-refractivity contribution in [2.75, 3.05) is 0 Å². The minimum absolute atomic E-state index is 0.160. The maximum Gasteiger partial charge on any atom is 0.166 e. The van der Waals surface area contributed by atoms with Crippen LogP contribution in [0.2, 0.25) is 0 Å². The van der Waals surface area contributed by atoms with Gasteiger partial charge >= 0.3 is 0 Å². The largest absolute Gasteiger partial charge is 0.294 e. The number of carbonyl (C=O) groups is 1. The fourth-order valence-electron chi connectivity index (χ4n) is 1.34.